The van der Waals surface area contributed by atoms with Crippen LogP contribution in [0.5, 0.6) is 11.5 Å². The molecule has 24 heavy (non-hydrogen) atoms. The minimum atomic E-state index is -0.216. The summed E-state index contributed by atoms with van der Waals surface area (Å²) in [5, 5.41) is 4.38. The Morgan fingerprint density at radius 3 is 2.50 bits per heavy atom. The molecule has 0 saturated carbocycles. The Bertz CT molecular complexity index is 748. The minimum absolute atomic E-state index is 0.216. The molecule has 2 rings (SSSR count). The maximum atomic E-state index is 11.9. The minimum Gasteiger partial charge on any atom is -0.496 e. The quantitative estimate of drug-likeness (QED) is 0.581. The molecule has 2 aromatic carbocycles. The van der Waals surface area contributed by atoms with Crippen molar-refractivity contribution in [1.82, 2.24) is 5.43 Å². The fraction of sp³-hybridized carbons (Fsp3) is 0.176. The maximum absolute atomic E-state index is 11.9. The molecule has 1 N–H and O–H groups in total. The van der Waals surface area contributed by atoms with Gasteiger partial charge in [0.25, 0.3) is 0 Å². The van der Waals surface area contributed by atoms with Gasteiger partial charge in [0.2, 0.25) is 5.91 Å². The third kappa shape index (κ3) is 4.97. The van der Waals surface area contributed by atoms with E-state index in [1.165, 1.54) is 20.4 Å². The van der Waals surface area contributed by atoms with Crippen LogP contribution in [0.1, 0.15) is 11.1 Å². The molecule has 0 aliphatic carbocycles. The zero-order valence-corrected chi connectivity index (χ0v) is 15.5. The molecule has 0 heterocycles. The van der Waals surface area contributed by atoms with Gasteiger partial charge in [-0.3, -0.25) is 4.79 Å². The molecular weight excluding hydrogens is 396 g/mol. The lowest BCUT2D eigenvalue weighted by molar-refractivity contribution is -0.120. The highest BCUT2D eigenvalue weighted by molar-refractivity contribution is 9.10. The van der Waals surface area contributed by atoms with E-state index in [0.717, 1.165) is 10.0 Å². The van der Waals surface area contributed by atoms with Crippen LogP contribution in [0.15, 0.2) is 46.0 Å². The van der Waals surface area contributed by atoms with Crippen molar-refractivity contribution in [3.05, 3.63) is 57.0 Å². The number of carbonyl (C=O) groups is 1. The molecule has 1 amide bonds. The summed E-state index contributed by atoms with van der Waals surface area (Å²) in [5.74, 6) is 0.833. The predicted molar refractivity (Wildman–Crippen MR) is 98.1 cm³/mol. The Morgan fingerprint density at radius 2 is 1.88 bits per heavy atom. The van der Waals surface area contributed by atoms with Gasteiger partial charge in [0.1, 0.15) is 11.5 Å². The largest absolute Gasteiger partial charge is 0.496 e. The Labute approximate surface area is 153 Å². The molecule has 0 spiro atoms. The van der Waals surface area contributed by atoms with Gasteiger partial charge in [-0.05, 0) is 23.8 Å². The van der Waals surface area contributed by atoms with Gasteiger partial charge in [0, 0.05) is 16.1 Å². The summed E-state index contributed by atoms with van der Waals surface area (Å²) < 4.78 is 11.4. The lowest BCUT2D eigenvalue weighted by Gasteiger charge is -2.09. The number of hydrogen-bond donors (Lipinski definition) is 1. The lowest BCUT2D eigenvalue weighted by atomic mass is 10.1. The molecule has 0 unspecified atom stereocenters. The van der Waals surface area contributed by atoms with Crippen LogP contribution < -0.4 is 14.9 Å². The first-order valence-corrected chi connectivity index (χ1v) is 8.18. The average molecular weight is 412 g/mol. The summed E-state index contributed by atoms with van der Waals surface area (Å²) in [6.45, 7) is 0. The first-order chi connectivity index (χ1) is 11.5. The smallest absolute Gasteiger partial charge is 0.244 e. The standard InChI is InChI=1S/C17H16BrClN2O3/c1-23-15-9-16(24-2)14(19)8-12(15)10-20-21-17(22)7-11-3-5-13(18)6-4-11/h3-6,8-10H,7H2,1-2H3,(H,21,22)/b20-10-. The molecule has 7 heteroatoms. The van der Waals surface area contributed by atoms with Crippen LogP contribution in [-0.4, -0.2) is 26.3 Å². The van der Waals surface area contributed by atoms with Crippen LogP contribution >= 0.6 is 27.5 Å². The van der Waals surface area contributed by atoms with E-state index in [-0.39, 0.29) is 12.3 Å². The van der Waals surface area contributed by atoms with Crippen molar-refractivity contribution in [2.45, 2.75) is 6.42 Å². The molecular formula is C17H16BrClN2O3. The summed E-state index contributed by atoms with van der Waals surface area (Å²) in [6.07, 6.45) is 1.72. The van der Waals surface area contributed by atoms with Crippen LogP contribution in [0.25, 0.3) is 0 Å². The van der Waals surface area contributed by atoms with Crippen LogP contribution in [0.3, 0.4) is 0 Å². The molecule has 5 nitrogen and oxygen atoms in total. The molecule has 0 radical (unpaired) electrons. The number of hydrogen-bond acceptors (Lipinski definition) is 4. The number of hydrazone groups is 1. The van der Waals surface area contributed by atoms with Crippen LogP contribution in [0.4, 0.5) is 0 Å². The second-order valence-electron chi connectivity index (χ2n) is 4.83. The van der Waals surface area contributed by atoms with E-state index in [1.807, 2.05) is 24.3 Å². The van der Waals surface area contributed by atoms with Gasteiger partial charge in [-0.15, -0.1) is 0 Å². The number of rotatable bonds is 6. The summed E-state index contributed by atoms with van der Waals surface area (Å²) >= 11 is 9.44. The summed E-state index contributed by atoms with van der Waals surface area (Å²) in [7, 11) is 3.06. The predicted octanol–water partition coefficient (Wildman–Crippen LogP) is 3.81. The van der Waals surface area contributed by atoms with Crippen molar-refractivity contribution in [3.8, 4) is 11.5 Å². The third-order valence-electron chi connectivity index (χ3n) is 3.17. The van der Waals surface area contributed by atoms with Gasteiger partial charge < -0.3 is 9.47 Å². The highest BCUT2D eigenvalue weighted by Gasteiger charge is 2.08. The van der Waals surface area contributed by atoms with E-state index in [4.69, 9.17) is 21.1 Å². The molecule has 0 atom stereocenters. The van der Waals surface area contributed by atoms with Crippen molar-refractivity contribution < 1.29 is 14.3 Å². The number of nitrogens with one attached hydrogen (secondary N) is 1. The van der Waals surface area contributed by atoms with Gasteiger partial charge in [0.05, 0.1) is 31.9 Å². The van der Waals surface area contributed by atoms with E-state index >= 15 is 0 Å². The van der Waals surface area contributed by atoms with E-state index in [9.17, 15) is 4.79 Å². The second-order valence-corrected chi connectivity index (χ2v) is 6.15. The topological polar surface area (TPSA) is 59.9 Å². The van der Waals surface area contributed by atoms with E-state index in [2.05, 4.69) is 26.5 Å². The number of halogens is 2. The molecule has 0 bridgehead atoms. The first-order valence-electron chi connectivity index (χ1n) is 7.01. The molecule has 0 saturated heterocycles. The van der Waals surface area contributed by atoms with E-state index in [0.29, 0.717) is 22.1 Å². The fourth-order valence-electron chi connectivity index (χ4n) is 1.99. The molecule has 0 fully saturated rings. The van der Waals surface area contributed by atoms with Gasteiger partial charge >= 0.3 is 0 Å². The van der Waals surface area contributed by atoms with Gasteiger partial charge in [0.15, 0.2) is 0 Å². The van der Waals surface area contributed by atoms with Gasteiger partial charge in [-0.2, -0.15) is 5.10 Å². The van der Waals surface area contributed by atoms with Crippen molar-refractivity contribution in [1.29, 1.82) is 0 Å². The molecule has 0 aliphatic rings. The number of methoxy groups -OCH3 is 2. The van der Waals surface area contributed by atoms with Crippen molar-refractivity contribution >= 4 is 39.7 Å². The van der Waals surface area contributed by atoms with Crippen molar-refractivity contribution in [2.24, 2.45) is 5.10 Å². The Hall–Kier alpha value is -2.05. The molecule has 0 aromatic heterocycles. The fourth-order valence-corrected chi connectivity index (χ4v) is 2.50. The van der Waals surface area contributed by atoms with Crippen molar-refractivity contribution in [3.63, 3.8) is 0 Å². The monoisotopic (exact) mass is 410 g/mol. The zero-order chi connectivity index (χ0) is 17.5. The normalized spacial score (nSPS) is 10.7. The summed E-state index contributed by atoms with van der Waals surface area (Å²) in [5.41, 5.74) is 4.01. The second kappa shape index (κ2) is 8.70. The Balaban J connectivity index is 2.01. The number of amides is 1. The van der Waals surface area contributed by atoms with Crippen LogP contribution in [0.2, 0.25) is 5.02 Å². The van der Waals surface area contributed by atoms with Crippen LogP contribution in [0, 0.1) is 0 Å². The SMILES string of the molecule is COc1cc(OC)c(/C=N\NC(=O)Cc2ccc(Br)cc2)cc1Cl. The lowest BCUT2D eigenvalue weighted by Crippen LogP contribution is -2.19. The van der Waals surface area contributed by atoms with Crippen molar-refractivity contribution in [2.75, 3.05) is 14.2 Å². The maximum Gasteiger partial charge on any atom is 0.244 e. The van der Waals surface area contributed by atoms with E-state index in [1.54, 1.807) is 12.1 Å². The number of ether oxygens (including phenoxy) is 2. The van der Waals surface area contributed by atoms with Gasteiger partial charge in [-0.25, -0.2) is 5.43 Å². The number of carbonyl (C=O) groups excluding carboxylic acids is 1. The first kappa shape index (κ1) is 18.3. The third-order valence-corrected chi connectivity index (χ3v) is 4.00. The van der Waals surface area contributed by atoms with Crippen LogP contribution in [-0.2, 0) is 11.2 Å². The molecule has 2 aromatic rings. The number of nitrogens with zero attached hydrogens (tertiary/aromatic N) is 1. The number of benzene rings is 2. The zero-order valence-electron chi connectivity index (χ0n) is 13.2. The highest BCUT2D eigenvalue weighted by atomic mass is 79.9. The molecule has 0 aliphatic heterocycles. The Morgan fingerprint density at radius 1 is 1.21 bits per heavy atom. The Kier molecular flexibility index (Phi) is 6.63. The van der Waals surface area contributed by atoms with Gasteiger partial charge in [-0.1, -0.05) is 39.7 Å². The molecule has 126 valence electrons. The summed E-state index contributed by atoms with van der Waals surface area (Å²) in [4.78, 5) is 11.9. The highest BCUT2D eigenvalue weighted by Crippen LogP contribution is 2.31. The van der Waals surface area contributed by atoms with E-state index < -0.39 is 0 Å². The average Bonchev–Trinajstić information content (AvgIpc) is 2.57. The summed E-state index contributed by atoms with van der Waals surface area (Å²) in [6, 6.07) is 10.8.